The van der Waals surface area contributed by atoms with E-state index < -0.39 is 10.0 Å². The molecule has 0 spiro atoms. The molecular weight excluding hydrogens is 250 g/mol. The molecule has 0 radical (unpaired) electrons. The Balaban J connectivity index is 2.20. The third-order valence-electron chi connectivity index (χ3n) is 3.53. The van der Waals surface area contributed by atoms with Gasteiger partial charge in [0.1, 0.15) is 5.75 Å². The van der Waals surface area contributed by atoms with Crippen molar-refractivity contribution in [1.82, 2.24) is 0 Å². The summed E-state index contributed by atoms with van der Waals surface area (Å²) in [5, 5.41) is 14.7. The second kappa shape index (κ2) is 5.28. The Morgan fingerprint density at radius 3 is 2.44 bits per heavy atom. The fraction of sp³-hybridized carbons (Fsp3) is 0.538. The standard InChI is InChI=1S/C13H19NO3S/c14-18(16,17)13-8-11(7-12(15)9-13)6-10-4-2-1-3-5-10/h7-10,15H,1-6H2,(H2,14,16,17). The van der Waals surface area contributed by atoms with Crippen molar-refractivity contribution in [3.63, 3.8) is 0 Å². The molecule has 2 rings (SSSR count). The number of phenolic OH excluding ortho intramolecular Hbond substituents is 1. The lowest BCUT2D eigenvalue weighted by Crippen LogP contribution is -2.13. The summed E-state index contributed by atoms with van der Waals surface area (Å²) >= 11 is 0. The highest BCUT2D eigenvalue weighted by Crippen LogP contribution is 2.28. The first-order valence-corrected chi connectivity index (χ1v) is 7.85. The van der Waals surface area contributed by atoms with E-state index in [1.54, 1.807) is 12.1 Å². The third kappa shape index (κ3) is 3.46. The first kappa shape index (κ1) is 13.4. The second-order valence-corrected chi connectivity index (χ2v) is 6.65. The van der Waals surface area contributed by atoms with Gasteiger partial charge in [0.2, 0.25) is 10.0 Å². The van der Waals surface area contributed by atoms with Crippen LogP contribution in [0.25, 0.3) is 0 Å². The number of aromatic hydroxyl groups is 1. The minimum Gasteiger partial charge on any atom is -0.508 e. The highest BCUT2D eigenvalue weighted by Gasteiger charge is 2.16. The summed E-state index contributed by atoms with van der Waals surface area (Å²) in [4.78, 5) is -0.00619. The first-order valence-electron chi connectivity index (χ1n) is 6.31. The molecule has 100 valence electrons. The molecule has 0 saturated heterocycles. The Morgan fingerprint density at radius 1 is 1.17 bits per heavy atom. The lowest BCUT2D eigenvalue weighted by Gasteiger charge is -2.21. The van der Waals surface area contributed by atoms with Crippen molar-refractivity contribution >= 4 is 10.0 Å². The minimum atomic E-state index is -3.75. The Labute approximate surface area is 108 Å². The van der Waals surface area contributed by atoms with E-state index in [1.807, 2.05) is 0 Å². The first-order chi connectivity index (χ1) is 8.45. The quantitative estimate of drug-likeness (QED) is 0.882. The van der Waals surface area contributed by atoms with E-state index in [1.165, 1.54) is 38.2 Å². The molecule has 0 aliphatic heterocycles. The van der Waals surface area contributed by atoms with Crippen molar-refractivity contribution < 1.29 is 13.5 Å². The molecule has 0 heterocycles. The van der Waals surface area contributed by atoms with Crippen LogP contribution in [0.2, 0.25) is 0 Å². The largest absolute Gasteiger partial charge is 0.508 e. The summed E-state index contributed by atoms with van der Waals surface area (Å²) in [6.45, 7) is 0. The monoisotopic (exact) mass is 269 g/mol. The van der Waals surface area contributed by atoms with Crippen molar-refractivity contribution in [3.05, 3.63) is 23.8 Å². The van der Waals surface area contributed by atoms with Gasteiger partial charge in [-0.05, 0) is 36.1 Å². The highest BCUT2D eigenvalue weighted by atomic mass is 32.2. The average molecular weight is 269 g/mol. The van der Waals surface area contributed by atoms with Crippen molar-refractivity contribution in [3.8, 4) is 5.75 Å². The average Bonchev–Trinajstić information content (AvgIpc) is 2.28. The number of hydrogen-bond donors (Lipinski definition) is 2. The van der Waals surface area contributed by atoms with Crippen LogP contribution in [-0.4, -0.2) is 13.5 Å². The van der Waals surface area contributed by atoms with Crippen LogP contribution in [0.1, 0.15) is 37.7 Å². The molecule has 1 aromatic carbocycles. The van der Waals surface area contributed by atoms with Crippen LogP contribution in [0, 0.1) is 5.92 Å². The maximum absolute atomic E-state index is 11.3. The molecule has 1 aliphatic rings. The maximum Gasteiger partial charge on any atom is 0.238 e. The molecule has 1 aliphatic carbocycles. The topological polar surface area (TPSA) is 80.4 Å². The number of benzene rings is 1. The summed E-state index contributed by atoms with van der Waals surface area (Å²) in [7, 11) is -3.75. The molecule has 1 saturated carbocycles. The van der Waals surface area contributed by atoms with Gasteiger partial charge in [-0.15, -0.1) is 0 Å². The Bertz CT molecular complexity index is 519. The zero-order valence-corrected chi connectivity index (χ0v) is 11.1. The van der Waals surface area contributed by atoms with Gasteiger partial charge in [-0.2, -0.15) is 0 Å². The third-order valence-corrected chi connectivity index (χ3v) is 4.42. The van der Waals surface area contributed by atoms with E-state index in [2.05, 4.69) is 0 Å². The summed E-state index contributed by atoms with van der Waals surface area (Å²) in [6, 6.07) is 4.40. The van der Waals surface area contributed by atoms with Crippen LogP contribution in [0.5, 0.6) is 5.75 Å². The van der Waals surface area contributed by atoms with Gasteiger partial charge in [0, 0.05) is 0 Å². The molecular formula is C13H19NO3S. The molecule has 0 unspecified atom stereocenters. The van der Waals surface area contributed by atoms with Gasteiger partial charge in [0.05, 0.1) is 4.90 Å². The Morgan fingerprint density at radius 2 is 1.83 bits per heavy atom. The molecule has 0 amide bonds. The van der Waals surface area contributed by atoms with E-state index in [4.69, 9.17) is 5.14 Å². The predicted molar refractivity (Wildman–Crippen MR) is 69.8 cm³/mol. The fourth-order valence-corrected chi connectivity index (χ4v) is 3.25. The normalized spacial score (nSPS) is 17.8. The zero-order valence-electron chi connectivity index (χ0n) is 10.3. The highest BCUT2D eigenvalue weighted by molar-refractivity contribution is 7.89. The SMILES string of the molecule is NS(=O)(=O)c1cc(O)cc(CC2CCCCC2)c1. The van der Waals surface area contributed by atoms with Gasteiger partial charge in [-0.1, -0.05) is 32.1 Å². The van der Waals surface area contributed by atoms with Crippen LogP contribution in [0.15, 0.2) is 23.1 Å². The molecule has 0 bridgehead atoms. The Hall–Kier alpha value is -1.07. The van der Waals surface area contributed by atoms with Crippen LogP contribution in [-0.2, 0) is 16.4 Å². The molecule has 5 heteroatoms. The van der Waals surface area contributed by atoms with E-state index in [0.717, 1.165) is 12.0 Å². The van der Waals surface area contributed by atoms with E-state index in [-0.39, 0.29) is 10.6 Å². The summed E-state index contributed by atoms with van der Waals surface area (Å²) in [5.41, 5.74) is 0.853. The molecule has 1 fully saturated rings. The van der Waals surface area contributed by atoms with Gasteiger partial charge in [-0.25, -0.2) is 13.6 Å². The summed E-state index contributed by atoms with van der Waals surface area (Å²) < 4.78 is 22.6. The molecule has 0 aromatic heterocycles. The number of hydrogen-bond acceptors (Lipinski definition) is 3. The van der Waals surface area contributed by atoms with Crippen molar-refractivity contribution in [1.29, 1.82) is 0 Å². The lowest BCUT2D eigenvalue weighted by atomic mass is 9.85. The Kier molecular flexibility index (Phi) is 3.92. The van der Waals surface area contributed by atoms with Gasteiger partial charge < -0.3 is 5.11 Å². The molecule has 0 atom stereocenters. The van der Waals surface area contributed by atoms with E-state index in [0.29, 0.717) is 5.92 Å². The number of primary sulfonamides is 1. The lowest BCUT2D eigenvalue weighted by molar-refractivity contribution is 0.356. The summed E-state index contributed by atoms with van der Waals surface area (Å²) in [6.07, 6.45) is 6.95. The van der Waals surface area contributed by atoms with Crippen molar-refractivity contribution in [2.45, 2.75) is 43.4 Å². The van der Waals surface area contributed by atoms with Crippen LogP contribution in [0.4, 0.5) is 0 Å². The van der Waals surface area contributed by atoms with Crippen LogP contribution < -0.4 is 5.14 Å². The number of sulfonamides is 1. The molecule has 18 heavy (non-hydrogen) atoms. The number of rotatable bonds is 3. The minimum absolute atomic E-state index is 0.00619. The van der Waals surface area contributed by atoms with Gasteiger partial charge in [0.15, 0.2) is 0 Å². The van der Waals surface area contributed by atoms with Gasteiger partial charge >= 0.3 is 0 Å². The van der Waals surface area contributed by atoms with Crippen LogP contribution in [0.3, 0.4) is 0 Å². The van der Waals surface area contributed by atoms with Gasteiger partial charge in [0.25, 0.3) is 0 Å². The fourth-order valence-electron chi connectivity index (χ4n) is 2.65. The van der Waals surface area contributed by atoms with Crippen LogP contribution >= 0.6 is 0 Å². The van der Waals surface area contributed by atoms with E-state index >= 15 is 0 Å². The molecule has 1 aromatic rings. The second-order valence-electron chi connectivity index (χ2n) is 5.09. The van der Waals surface area contributed by atoms with Crippen molar-refractivity contribution in [2.75, 3.05) is 0 Å². The molecule has 3 N–H and O–H groups in total. The zero-order chi connectivity index (χ0) is 13.2. The maximum atomic E-state index is 11.3. The van der Waals surface area contributed by atoms with Gasteiger partial charge in [-0.3, -0.25) is 0 Å². The summed E-state index contributed by atoms with van der Waals surface area (Å²) in [5.74, 6) is 0.557. The molecule has 4 nitrogen and oxygen atoms in total. The smallest absolute Gasteiger partial charge is 0.238 e. The number of nitrogens with two attached hydrogens (primary N) is 1. The predicted octanol–water partition coefficient (Wildman–Crippen LogP) is 2.16. The van der Waals surface area contributed by atoms with Crippen molar-refractivity contribution in [2.24, 2.45) is 11.1 Å². The number of phenols is 1. The van der Waals surface area contributed by atoms with E-state index in [9.17, 15) is 13.5 Å².